The summed E-state index contributed by atoms with van der Waals surface area (Å²) < 4.78 is 13.0. The maximum absolute atomic E-state index is 13.0. The van der Waals surface area contributed by atoms with E-state index in [0.717, 1.165) is 30.5 Å². The van der Waals surface area contributed by atoms with Gasteiger partial charge in [0.2, 0.25) is 0 Å². The Labute approximate surface area is 116 Å². The minimum absolute atomic E-state index is 0.00881. The lowest BCUT2D eigenvalue weighted by Gasteiger charge is -2.07. The Morgan fingerprint density at radius 1 is 1.11 bits per heavy atom. The lowest BCUT2D eigenvalue weighted by molar-refractivity contribution is 0.467. The number of nitrogens with one attached hydrogen (secondary N) is 1. The van der Waals surface area contributed by atoms with E-state index in [4.69, 9.17) is 0 Å². The molecule has 108 valence electrons. The predicted octanol–water partition coefficient (Wildman–Crippen LogP) is 4.23. The summed E-state index contributed by atoms with van der Waals surface area (Å²) in [5.41, 5.74) is 0.789. The van der Waals surface area contributed by atoms with E-state index in [1.807, 2.05) is 0 Å². The third kappa shape index (κ3) is 7.83. The van der Waals surface area contributed by atoms with Crippen LogP contribution in [0.2, 0.25) is 0 Å². The zero-order valence-corrected chi connectivity index (χ0v) is 12.1. The molecule has 0 fully saturated rings. The SMILES string of the molecule is CC(C)CCCCCCNCc1cc(O)cc(F)c1. The Hall–Kier alpha value is -1.09. The van der Waals surface area contributed by atoms with Gasteiger partial charge in [-0.05, 0) is 36.6 Å². The highest BCUT2D eigenvalue weighted by Crippen LogP contribution is 2.14. The molecule has 0 aliphatic carbocycles. The van der Waals surface area contributed by atoms with E-state index in [-0.39, 0.29) is 11.6 Å². The average Bonchev–Trinajstić information content (AvgIpc) is 2.31. The van der Waals surface area contributed by atoms with Crippen molar-refractivity contribution in [2.75, 3.05) is 6.54 Å². The third-order valence-corrected chi connectivity index (χ3v) is 3.16. The Balaban J connectivity index is 2.04. The summed E-state index contributed by atoms with van der Waals surface area (Å²) in [6.45, 7) is 6.07. The molecule has 2 N–H and O–H groups in total. The van der Waals surface area contributed by atoms with Gasteiger partial charge in [-0.3, -0.25) is 0 Å². The van der Waals surface area contributed by atoms with Crippen molar-refractivity contribution >= 4 is 0 Å². The second-order valence-corrected chi connectivity index (χ2v) is 5.59. The number of hydrogen-bond acceptors (Lipinski definition) is 2. The summed E-state index contributed by atoms with van der Waals surface area (Å²) in [6.07, 6.45) is 6.32. The summed E-state index contributed by atoms with van der Waals surface area (Å²) >= 11 is 0. The van der Waals surface area contributed by atoms with Gasteiger partial charge in [0.05, 0.1) is 0 Å². The van der Waals surface area contributed by atoms with Gasteiger partial charge in [-0.2, -0.15) is 0 Å². The summed E-state index contributed by atoms with van der Waals surface area (Å²) in [5.74, 6) is 0.412. The van der Waals surface area contributed by atoms with E-state index in [0.29, 0.717) is 6.54 Å². The van der Waals surface area contributed by atoms with E-state index in [1.165, 1.54) is 31.7 Å². The molecule has 0 aliphatic heterocycles. The predicted molar refractivity (Wildman–Crippen MR) is 77.7 cm³/mol. The van der Waals surface area contributed by atoms with Crippen LogP contribution in [-0.2, 0) is 6.54 Å². The highest BCUT2D eigenvalue weighted by atomic mass is 19.1. The monoisotopic (exact) mass is 267 g/mol. The standard InChI is InChI=1S/C16H26FNO/c1-13(2)7-5-3-4-6-8-18-12-14-9-15(17)11-16(19)10-14/h9-11,13,18-19H,3-8,12H2,1-2H3. The molecular formula is C16H26FNO. The van der Waals surface area contributed by atoms with Crippen LogP contribution >= 0.6 is 0 Å². The molecule has 1 rings (SSSR count). The van der Waals surface area contributed by atoms with Crippen LogP contribution in [0.3, 0.4) is 0 Å². The summed E-state index contributed by atoms with van der Waals surface area (Å²) in [6, 6.07) is 4.17. The zero-order valence-electron chi connectivity index (χ0n) is 12.1. The van der Waals surface area contributed by atoms with Crippen LogP contribution in [0, 0.1) is 11.7 Å². The number of phenolic OH excluding ortho intramolecular Hbond substituents is 1. The molecule has 0 amide bonds. The van der Waals surface area contributed by atoms with Crippen LogP contribution < -0.4 is 5.32 Å². The van der Waals surface area contributed by atoms with Crippen LogP contribution in [0.4, 0.5) is 4.39 Å². The number of rotatable bonds is 9. The fourth-order valence-electron chi connectivity index (χ4n) is 2.12. The molecular weight excluding hydrogens is 241 g/mol. The fraction of sp³-hybridized carbons (Fsp3) is 0.625. The third-order valence-electron chi connectivity index (χ3n) is 3.16. The molecule has 0 bridgehead atoms. The van der Waals surface area contributed by atoms with Gasteiger partial charge in [-0.15, -0.1) is 0 Å². The molecule has 0 saturated carbocycles. The van der Waals surface area contributed by atoms with Crippen LogP contribution in [0.15, 0.2) is 18.2 Å². The van der Waals surface area contributed by atoms with Crippen LogP contribution in [0.5, 0.6) is 5.75 Å². The van der Waals surface area contributed by atoms with E-state index in [9.17, 15) is 9.50 Å². The first-order chi connectivity index (χ1) is 9.08. The van der Waals surface area contributed by atoms with Gasteiger partial charge in [-0.25, -0.2) is 4.39 Å². The molecule has 0 heterocycles. The lowest BCUT2D eigenvalue weighted by Crippen LogP contribution is -2.14. The highest BCUT2D eigenvalue weighted by Gasteiger charge is 1.99. The second kappa shape index (κ2) is 8.92. The molecule has 19 heavy (non-hydrogen) atoms. The molecule has 0 aromatic heterocycles. The van der Waals surface area contributed by atoms with Crippen LogP contribution in [0.1, 0.15) is 51.5 Å². The number of benzene rings is 1. The zero-order chi connectivity index (χ0) is 14.1. The minimum Gasteiger partial charge on any atom is -0.508 e. The first-order valence-corrected chi connectivity index (χ1v) is 7.27. The van der Waals surface area contributed by atoms with Crippen molar-refractivity contribution in [3.8, 4) is 5.75 Å². The molecule has 0 aliphatic rings. The van der Waals surface area contributed by atoms with Crippen molar-refractivity contribution in [2.45, 2.75) is 52.5 Å². The molecule has 0 atom stereocenters. The molecule has 0 saturated heterocycles. The normalized spacial score (nSPS) is 11.2. The Kier molecular flexibility index (Phi) is 7.49. The van der Waals surface area contributed by atoms with Crippen molar-refractivity contribution in [3.63, 3.8) is 0 Å². The van der Waals surface area contributed by atoms with Gasteiger partial charge in [0.15, 0.2) is 0 Å². The van der Waals surface area contributed by atoms with Crippen LogP contribution in [0.25, 0.3) is 0 Å². The molecule has 0 radical (unpaired) electrons. The van der Waals surface area contributed by atoms with E-state index in [2.05, 4.69) is 19.2 Å². The van der Waals surface area contributed by atoms with E-state index >= 15 is 0 Å². The van der Waals surface area contributed by atoms with Gasteiger partial charge in [0, 0.05) is 12.6 Å². The highest BCUT2D eigenvalue weighted by molar-refractivity contribution is 5.28. The van der Waals surface area contributed by atoms with Crippen LogP contribution in [-0.4, -0.2) is 11.7 Å². The Morgan fingerprint density at radius 3 is 2.53 bits per heavy atom. The van der Waals surface area contributed by atoms with E-state index in [1.54, 1.807) is 6.07 Å². The lowest BCUT2D eigenvalue weighted by atomic mass is 10.0. The molecule has 1 aromatic rings. The van der Waals surface area contributed by atoms with Crippen molar-refractivity contribution < 1.29 is 9.50 Å². The largest absolute Gasteiger partial charge is 0.508 e. The van der Waals surface area contributed by atoms with Crippen molar-refractivity contribution in [3.05, 3.63) is 29.6 Å². The summed E-state index contributed by atoms with van der Waals surface area (Å²) in [4.78, 5) is 0. The average molecular weight is 267 g/mol. The first-order valence-electron chi connectivity index (χ1n) is 7.27. The van der Waals surface area contributed by atoms with Gasteiger partial charge in [-0.1, -0.05) is 39.5 Å². The second-order valence-electron chi connectivity index (χ2n) is 5.59. The molecule has 0 unspecified atom stereocenters. The Bertz CT molecular complexity index is 346. The maximum atomic E-state index is 13.0. The van der Waals surface area contributed by atoms with Gasteiger partial charge >= 0.3 is 0 Å². The quantitative estimate of drug-likeness (QED) is 0.656. The minimum atomic E-state index is -0.384. The molecule has 2 nitrogen and oxygen atoms in total. The Morgan fingerprint density at radius 2 is 1.84 bits per heavy atom. The fourth-order valence-corrected chi connectivity index (χ4v) is 2.12. The molecule has 3 heteroatoms. The number of phenols is 1. The number of aromatic hydroxyl groups is 1. The topological polar surface area (TPSA) is 32.3 Å². The number of hydrogen-bond donors (Lipinski definition) is 2. The van der Waals surface area contributed by atoms with Crippen molar-refractivity contribution in [2.24, 2.45) is 5.92 Å². The first kappa shape index (κ1) is 16.0. The summed E-state index contributed by atoms with van der Waals surface area (Å²) in [7, 11) is 0. The van der Waals surface area contributed by atoms with Crippen molar-refractivity contribution in [1.29, 1.82) is 0 Å². The molecule has 0 spiro atoms. The maximum Gasteiger partial charge on any atom is 0.127 e. The summed E-state index contributed by atoms with van der Waals surface area (Å²) in [5, 5.41) is 12.5. The van der Waals surface area contributed by atoms with Gasteiger partial charge in [0.25, 0.3) is 0 Å². The number of halogens is 1. The smallest absolute Gasteiger partial charge is 0.127 e. The number of unbranched alkanes of at least 4 members (excludes halogenated alkanes) is 3. The molecule has 1 aromatic carbocycles. The van der Waals surface area contributed by atoms with Crippen molar-refractivity contribution in [1.82, 2.24) is 5.32 Å². The van der Waals surface area contributed by atoms with E-state index < -0.39 is 0 Å². The van der Waals surface area contributed by atoms with Gasteiger partial charge < -0.3 is 10.4 Å². The van der Waals surface area contributed by atoms with Gasteiger partial charge in [0.1, 0.15) is 11.6 Å².